The van der Waals surface area contributed by atoms with Gasteiger partial charge in [0.15, 0.2) is 0 Å². The Hall–Kier alpha value is -3.56. The van der Waals surface area contributed by atoms with Gasteiger partial charge in [0, 0.05) is 17.6 Å². The van der Waals surface area contributed by atoms with Gasteiger partial charge in [-0.25, -0.2) is 8.42 Å². The molecule has 1 unspecified atom stereocenters. The van der Waals surface area contributed by atoms with E-state index in [9.17, 15) is 18.0 Å². The number of nitrogens with one attached hydrogen (secondary N) is 1. The largest absolute Gasteiger partial charge is 0.495 e. The van der Waals surface area contributed by atoms with E-state index in [1.54, 1.807) is 30.3 Å². The Bertz CT molecular complexity index is 1450. The van der Waals surface area contributed by atoms with Crippen molar-refractivity contribution in [1.29, 1.82) is 0 Å². The molecule has 0 aliphatic heterocycles. The Kier molecular flexibility index (Phi) is 10.9. The number of halogens is 1. The molecular weight excluding hydrogens is 574 g/mol. The summed E-state index contributed by atoms with van der Waals surface area (Å²) in [6.45, 7) is 1.44. The average molecular weight is 612 g/mol. The van der Waals surface area contributed by atoms with Gasteiger partial charge >= 0.3 is 0 Å². The lowest BCUT2D eigenvalue weighted by atomic mass is 9.95. The zero-order valence-electron chi connectivity index (χ0n) is 24.0. The summed E-state index contributed by atoms with van der Waals surface area (Å²) in [5.41, 5.74) is 0.953. The van der Waals surface area contributed by atoms with E-state index in [0.29, 0.717) is 6.42 Å². The monoisotopic (exact) mass is 611 g/mol. The topological polar surface area (TPSA) is 96.0 Å². The fourth-order valence-electron chi connectivity index (χ4n) is 5.33. The number of benzene rings is 3. The molecule has 1 aliphatic rings. The van der Waals surface area contributed by atoms with Crippen LogP contribution in [-0.4, -0.2) is 50.9 Å². The molecule has 0 aromatic heterocycles. The van der Waals surface area contributed by atoms with Crippen molar-refractivity contribution in [1.82, 2.24) is 10.2 Å². The second-order valence-corrected chi connectivity index (χ2v) is 12.7. The first-order chi connectivity index (χ1) is 20.2. The standard InChI is InChI=1S/C32H38ClN3O5S/c1-3-28(32(38)34-26-15-9-5-10-16-26)35(22-24-13-7-4-8-14-24)31(37)23-36(29-21-25(33)19-20-30(29)41-2)42(39,40)27-17-11-6-12-18-27/h4,6-8,11-14,17-21,26,28H,3,5,9-10,15-16,22-23H2,1-2H3,(H,34,38). The van der Waals surface area contributed by atoms with Crippen LogP contribution in [0.4, 0.5) is 5.69 Å². The molecule has 224 valence electrons. The molecule has 1 saturated carbocycles. The summed E-state index contributed by atoms with van der Waals surface area (Å²) in [4.78, 5) is 29.4. The van der Waals surface area contributed by atoms with Gasteiger partial charge < -0.3 is 15.0 Å². The number of anilines is 1. The number of hydrogen-bond donors (Lipinski definition) is 1. The molecule has 0 saturated heterocycles. The van der Waals surface area contributed by atoms with Crippen molar-refractivity contribution in [3.63, 3.8) is 0 Å². The lowest BCUT2D eigenvalue weighted by Gasteiger charge is -2.34. The van der Waals surface area contributed by atoms with Crippen LogP contribution in [0.1, 0.15) is 51.0 Å². The molecule has 0 radical (unpaired) electrons. The Balaban J connectivity index is 1.73. The number of carbonyl (C=O) groups is 2. The fourth-order valence-corrected chi connectivity index (χ4v) is 6.94. The number of rotatable bonds is 12. The smallest absolute Gasteiger partial charge is 0.264 e. The summed E-state index contributed by atoms with van der Waals surface area (Å²) in [7, 11) is -2.81. The van der Waals surface area contributed by atoms with Crippen LogP contribution < -0.4 is 14.4 Å². The molecule has 10 heteroatoms. The fraction of sp³-hybridized carbons (Fsp3) is 0.375. The normalized spacial score (nSPS) is 14.5. The molecule has 8 nitrogen and oxygen atoms in total. The summed E-state index contributed by atoms with van der Waals surface area (Å²) in [6.07, 6.45) is 5.45. The maximum Gasteiger partial charge on any atom is 0.264 e. The highest BCUT2D eigenvalue weighted by Gasteiger charge is 2.35. The van der Waals surface area contributed by atoms with E-state index in [1.165, 1.54) is 30.2 Å². The van der Waals surface area contributed by atoms with E-state index in [2.05, 4.69) is 5.32 Å². The molecule has 1 aliphatic carbocycles. The minimum absolute atomic E-state index is 0.0107. The molecule has 3 aromatic carbocycles. The van der Waals surface area contributed by atoms with Gasteiger partial charge in [-0.2, -0.15) is 0 Å². The second-order valence-electron chi connectivity index (χ2n) is 10.4. The first-order valence-corrected chi connectivity index (χ1v) is 16.1. The van der Waals surface area contributed by atoms with E-state index >= 15 is 0 Å². The number of ether oxygens (including phenoxy) is 1. The lowest BCUT2D eigenvalue weighted by Crippen LogP contribution is -2.54. The van der Waals surface area contributed by atoms with Crippen LogP contribution in [0.2, 0.25) is 5.02 Å². The van der Waals surface area contributed by atoms with Crippen LogP contribution in [0.15, 0.2) is 83.8 Å². The summed E-state index contributed by atoms with van der Waals surface area (Å²) in [5.74, 6) is -0.513. The van der Waals surface area contributed by atoms with Gasteiger partial charge in [0.1, 0.15) is 18.3 Å². The minimum Gasteiger partial charge on any atom is -0.495 e. The molecule has 1 atom stereocenters. The third-order valence-electron chi connectivity index (χ3n) is 7.55. The van der Waals surface area contributed by atoms with Crippen molar-refractivity contribution in [2.24, 2.45) is 0 Å². The molecule has 4 rings (SSSR count). The van der Waals surface area contributed by atoms with E-state index in [4.69, 9.17) is 16.3 Å². The Labute approximate surface area is 253 Å². The molecule has 42 heavy (non-hydrogen) atoms. The molecule has 0 spiro atoms. The van der Waals surface area contributed by atoms with Crippen molar-refractivity contribution in [2.45, 2.75) is 69.0 Å². The summed E-state index contributed by atoms with van der Waals surface area (Å²) >= 11 is 6.30. The van der Waals surface area contributed by atoms with Crippen molar-refractivity contribution in [3.05, 3.63) is 89.4 Å². The van der Waals surface area contributed by atoms with Crippen molar-refractivity contribution in [3.8, 4) is 5.75 Å². The predicted octanol–water partition coefficient (Wildman–Crippen LogP) is 5.80. The lowest BCUT2D eigenvalue weighted by molar-refractivity contribution is -0.140. The van der Waals surface area contributed by atoms with E-state index in [1.807, 2.05) is 37.3 Å². The predicted molar refractivity (Wildman–Crippen MR) is 165 cm³/mol. The SMILES string of the molecule is CCC(C(=O)NC1CCCCC1)N(Cc1ccccc1)C(=O)CN(c1cc(Cl)ccc1OC)S(=O)(=O)c1ccccc1. The minimum atomic E-state index is -4.23. The molecule has 1 fully saturated rings. The third kappa shape index (κ3) is 7.63. The first-order valence-electron chi connectivity index (χ1n) is 14.3. The van der Waals surface area contributed by atoms with E-state index in [0.717, 1.165) is 42.0 Å². The van der Waals surface area contributed by atoms with Gasteiger partial charge in [0.25, 0.3) is 10.0 Å². The number of amides is 2. The highest BCUT2D eigenvalue weighted by Crippen LogP contribution is 2.35. The summed E-state index contributed by atoms with van der Waals surface area (Å²) < 4.78 is 34.6. The van der Waals surface area contributed by atoms with Crippen molar-refractivity contribution < 1.29 is 22.7 Å². The molecule has 3 aromatic rings. The summed E-state index contributed by atoms with van der Waals surface area (Å²) in [5, 5.41) is 3.44. The van der Waals surface area contributed by atoms with Crippen LogP contribution in [-0.2, 0) is 26.2 Å². The van der Waals surface area contributed by atoms with Gasteiger partial charge in [-0.3, -0.25) is 13.9 Å². The van der Waals surface area contributed by atoms with Gasteiger partial charge in [0.05, 0.1) is 17.7 Å². The average Bonchev–Trinajstić information content (AvgIpc) is 3.01. The zero-order chi connectivity index (χ0) is 30.1. The van der Waals surface area contributed by atoms with Gasteiger partial charge in [-0.05, 0) is 55.2 Å². The van der Waals surface area contributed by atoms with Crippen molar-refractivity contribution in [2.75, 3.05) is 18.0 Å². The van der Waals surface area contributed by atoms with Crippen LogP contribution in [0, 0.1) is 0 Å². The Morgan fingerprint density at radius 3 is 2.24 bits per heavy atom. The maximum atomic E-state index is 14.3. The highest BCUT2D eigenvalue weighted by molar-refractivity contribution is 7.92. The number of carbonyl (C=O) groups excluding carboxylic acids is 2. The second kappa shape index (κ2) is 14.6. The van der Waals surface area contributed by atoms with Crippen molar-refractivity contribution >= 4 is 39.1 Å². The zero-order valence-corrected chi connectivity index (χ0v) is 25.6. The quantitative estimate of drug-likeness (QED) is 0.279. The van der Waals surface area contributed by atoms with Crippen LogP contribution in [0.25, 0.3) is 0 Å². The number of sulfonamides is 1. The van der Waals surface area contributed by atoms with Crippen LogP contribution in [0.5, 0.6) is 5.75 Å². The molecule has 2 amide bonds. The van der Waals surface area contributed by atoms with E-state index < -0.39 is 28.5 Å². The van der Waals surface area contributed by atoms with E-state index in [-0.39, 0.29) is 39.8 Å². The molecule has 1 N–H and O–H groups in total. The summed E-state index contributed by atoms with van der Waals surface area (Å²) in [6, 6.07) is 21.1. The van der Waals surface area contributed by atoms with Crippen LogP contribution in [0.3, 0.4) is 0 Å². The van der Waals surface area contributed by atoms with Gasteiger partial charge in [-0.15, -0.1) is 0 Å². The maximum absolute atomic E-state index is 14.3. The molecule has 0 heterocycles. The van der Waals surface area contributed by atoms with Crippen LogP contribution >= 0.6 is 11.6 Å². The number of methoxy groups -OCH3 is 1. The highest BCUT2D eigenvalue weighted by atomic mass is 35.5. The Morgan fingerprint density at radius 2 is 1.62 bits per heavy atom. The van der Waals surface area contributed by atoms with Gasteiger partial charge in [0.2, 0.25) is 11.8 Å². The van der Waals surface area contributed by atoms with Gasteiger partial charge in [-0.1, -0.05) is 86.3 Å². The molecule has 0 bridgehead atoms. The molecular formula is C32H38ClN3O5S. The first kappa shape index (κ1) is 31.4. The Morgan fingerprint density at radius 1 is 0.976 bits per heavy atom. The third-order valence-corrected chi connectivity index (χ3v) is 9.56. The number of nitrogens with zero attached hydrogens (tertiary/aromatic N) is 2. The number of hydrogen-bond acceptors (Lipinski definition) is 5.